The van der Waals surface area contributed by atoms with Crippen molar-refractivity contribution in [3.8, 4) is 0 Å². The van der Waals surface area contributed by atoms with Crippen molar-refractivity contribution in [2.24, 2.45) is 5.92 Å². The summed E-state index contributed by atoms with van der Waals surface area (Å²) in [6, 6.07) is 14.7. The molecule has 1 unspecified atom stereocenters. The van der Waals surface area contributed by atoms with Crippen molar-refractivity contribution in [3.63, 3.8) is 0 Å². The Morgan fingerprint density at radius 1 is 1.03 bits per heavy atom. The van der Waals surface area contributed by atoms with Gasteiger partial charge in [-0.05, 0) is 67.9 Å². The molecule has 0 aromatic heterocycles. The van der Waals surface area contributed by atoms with E-state index in [1.165, 1.54) is 4.90 Å². The number of anilines is 1. The summed E-state index contributed by atoms with van der Waals surface area (Å²) in [7, 11) is 3.42. The Labute approximate surface area is 181 Å². The summed E-state index contributed by atoms with van der Waals surface area (Å²) in [6.45, 7) is 3.08. The van der Waals surface area contributed by atoms with Gasteiger partial charge < -0.3 is 15.1 Å². The molecule has 0 saturated carbocycles. The fourth-order valence-corrected chi connectivity index (χ4v) is 3.95. The normalized spacial score (nSPS) is 16.1. The van der Waals surface area contributed by atoms with Crippen LogP contribution >= 0.6 is 11.8 Å². The predicted molar refractivity (Wildman–Crippen MR) is 120 cm³/mol. The smallest absolute Gasteiger partial charge is 0.285 e. The van der Waals surface area contributed by atoms with E-state index in [0.29, 0.717) is 24.3 Å². The van der Waals surface area contributed by atoms with Crippen molar-refractivity contribution in [2.75, 3.05) is 32.5 Å². The maximum absolute atomic E-state index is 12.8. The molecule has 1 saturated heterocycles. The van der Waals surface area contributed by atoms with Crippen LogP contribution in [0.1, 0.15) is 28.8 Å². The maximum atomic E-state index is 12.8. The van der Waals surface area contributed by atoms with Crippen molar-refractivity contribution >= 4 is 34.5 Å². The highest BCUT2D eigenvalue weighted by Gasteiger charge is 2.29. The van der Waals surface area contributed by atoms with E-state index in [2.05, 4.69) is 5.32 Å². The number of benzene rings is 2. The second kappa shape index (κ2) is 9.80. The SMILES string of the molecule is Cc1ccc(C(=O)N2CCCC(C(=O)Nc3ccc(SC(=O)N(C)C)cc3)C2)cc1. The number of aryl methyl sites for hydroxylation is 1. The Morgan fingerprint density at radius 2 is 1.70 bits per heavy atom. The van der Waals surface area contributed by atoms with E-state index in [4.69, 9.17) is 0 Å². The van der Waals surface area contributed by atoms with Crippen LogP contribution in [0.2, 0.25) is 0 Å². The highest BCUT2D eigenvalue weighted by Crippen LogP contribution is 2.24. The number of hydrogen-bond donors (Lipinski definition) is 1. The highest BCUT2D eigenvalue weighted by atomic mass is 32.2. The molecule has 0 bridgehead atoms. The number of likely N-dealkylation sites (tertiary alicyclic amines) is 1. The molecule has 0 aliphatic carbocycles. The summed E-state index contributed by atoms with van der Waals surface area (Å²) in [4.78, 5) is 41.4. The molecule has 2 aromatic rings. The predicted octanol–water partition coefficient (Wildman–Crippen LogP) is 4.26. The van der Waals surface area contributed by atoms with Gasteiger partial charge in [0.25, 0.3) is 11.1 Å². The van der Waals surface area contributed by atoms with Crippen molar-refractivity contribution < 1.29 is 14.4 Å². The van der Waals surface area contributed by atoms with Gasteiger partial charge in [-0.2, -0.15) is 0 Å². The molecule has 1 aliphatic rings. The van der Waals surface area contributed by atoms with E-state index in [0.717, 1.165) is 35.1 Å². The first-order valence-corrected chi connectivity index (χ1v) is 10.8. The second-order valence-electron chi connectivity index (χ2n) is 7.73. The molecule has 7 heteroatoms. The molecule has 0 radical (unpaired) electrons. The molecule has 30 heavy (non-hydrogen) atoms. The zero-order valence-electron chi connectivity index (χ0n) is 17.6. The number of hydrogen-bond acceptors (Lipinski definition) is 4. The Morgan fingerprint density at radius 3 is 2.33 bits per heavy atom. The van der Waals surface area contributed by atoms with Gasteiger partial charge in [0, 0.05) is 43.3 Å². The molecule has 2 aromatic carbocycles. The average molecular weight is 426 g/mol. The van der Waals surface area contributed by atoms with Gasteiger partial charge in [-0.3, -0.25) is 14.4 Å². The van der Waals surface area contributed by atoms with Crippen molar-refractivity contribution in [2.45, 2.75) is 24.7 Å². The number of amides is 3. The van der Waals surface area contributed by atoms with Crippen LogP contribution in [-0.4, -0.2) is 54.0 Å². The number of thioether (sulfide) groups is 1. The first-order chi connectivity index (χ1) is 14.3. The molecule has 1 N–H and O–H groups in total. The topological polar surface area (TPSA) is 69.7 Å². The molecule has 6 nitrogen and oxygen atoms in total. The lowest BCUT2D eigenvalue weighted by Gasteiger charge is -2.32. The largest absolute Gasteiger partial charge is 0.339 e. The molecule has 158 valence electrons. The minimum atomic E-state index is -0.238. The summed E-state index contributed by atoms with van der Waals surface area (Å²) in [5.74, 6) is -0.349. The summed E-state index contributed by atoms with van der Waals surface area (Å²) >= 11 is 1.14. The third-order valence-electron chi connectivity index (χ3n) is 5.07. The molecular weight excluding hydrogens is 398 g/mol. The van der Waals surface area contributed by atoms with Crippen molar-refractivity contribution in [1.82, 2.24) is 9.80 Å². The van der Waals surface area contributed by atoms with E-state index in [-0.39, 0.29) is 23.0 Å². The van der Waals surface area contributed by atoms with E-state index in [1.54, 1.807) is 31.1 Å². The van der Waals surface area contributed by atoms with Crippen molar-refractivity contribution in [1.29, 1.82) is 0 Å². The molecule has 3 rings (SSSR count). The quantitative estimate of drug-likeness (QED) is 0.743. The Kier molecular flexibility index (Phi) is 7.15. The molecule has 3 amide bonds. The van der Waals surface area contributed by atoms with Gasteiger partial charge in [0.05, 0.1) is 5.92 Å². The average Bonchev–Trinajstić information content (AvgIpc) is 2.75. The van der Waals surface area contributed by atoms with Crippen LogP contribution in [0.4, 0.5) is 10.5 Å². The van der Waals surface area contributed by atoms with Gasteiger partial charge in [0.2, 0.25) is 5.91 Å². The van der Waals surface area contributed by atoms with Gasteiger partial charge in [-0.15, -0.1) is 0 Å². The number of rotatable bonds is 4. The van der Waals surface area contributed by atoms with Crippen LogP contribution in [0.25, 0.3) is 0 Å². The van der Waals surface area contributed by atoms with Crippen LogP contribution in [0, 0.1) is 12.8 Å². The van der Waals surface area contributed by atoms with Gasteiger partial charge in [0.1, 0.15) is 0 Å². The Bertz CT molecular complexity index is 910. The van der Waals surface area contributed by atoms with Crippen LogP contribution in [-0.2, 0) is 4.79 Å². The third-order valence-corrected chi connectivity index (χ3v) is 6.12. The standard InChI is InChI=1S/C23H27N3O3S/c1-16-6-8-17(9-7-16)22(28)26-14-4-5-18(15-26)21(27)24-19-10-12-20(13-11-19)30-23(29)25(2)3/h6-13,18H,4-5,14-15H2,1-3H3,(H,24,27). The zero-order chi connectivity index (χ0) is 21.7. The summed E-state index contributed by atoms with van der Waals surface area (Å²) in [5, 5.41) is 2.89. The fourth-order valence-electron chi connectivity index (χ4n) is 3.30. The van der Waals surface area contributed by atoms with Gasteiger partial charge >= 0.3 is 0 Å². The lowest BCUT2D eigenvalue weighted by molar-refractivity contribution is -0.121. The summed E-state index contributed by atoms with van der Waals surface area (Å²) in [6.07, 6.45) is 1.56. The number of nitrogens with one attached hydrogen (secondary N) is 1. The molecular formula is C23H27N3O3S. The molecule has 0 spiro atoms. The number of nitrogens with zero attached hydrogens (tertiary/aromatic N) is 2. The van der Waals surface area contributed by atoms with Crippen LogP contribution in [0.15, 0.2) is 53.4 Å². The van der Waals surface area contributed by atoms with Gasteiger partial charge in [-0.25, -0.2) is 0 Å². The Hall–Kier alpha value is -2.80. The number of piperidine rings is 1. The summed E-state index contributed by atoms with van der Waals surface area (Å²) in [5.41, 5.74) is 2.45. The van der Waals surface area contributed by atoms with Gasteiger partial charge in [-0.1, -0.05) is 17.7 Å². The third kappa shape index (κ3) is 5.63. The Balaban J connectivity index is 1.58. The molecule has 1 fully saturated rings. The summed E-state index contributed by atoms with van der Waals surface area (Å²) < 4.78 is 0. The first kappa shape index (κ1) is 21.9. The highest BCUT2D eigenvalue weighted by molar-refractivity contribution is 8.13. The molecule has 1 aliphatic heterocycles. The monoisotopic (exact) mass is 425 g/mol. The van der Waals surface area contributed by atoms with E-state index in [1.807, 2.05) is 43.3 Å². The van der Waals surface area contributed by atoms with E-state index < -0.39 is 0 Å². The first-order valence-electron chi connectivity index (χ1n) is 9.99. The fraction of sp³-hybridized carbons (Fsp3) is 0.348. The van der Waals surface area contributed by atoms with Gasteiger partial charge in [0.15, 0.2) is 0 Å². The second-order valence-corrected chi connectivity index (χ2v) is 8.76. The van der Waals surface area contributed by atoms with E-state index in [9.17, 15) is 14.4 Å². The number of carbonyl (C=O) groups is 3. The number of carbonyl (C=O) groups excluding carboxylic acids is 3. The van der Waals surface area contributed by atoms with Crippen LogP contribution in [0.5, 0.6) is 0 Å². The molecule has 1 atom stereocenters. The lowest BCUT2D eigenvalue weighted by atomic mass is 9.96. The van der Waals surface area contributed by atoms with E-state index >= 15 is 0 Å². The zero-order valence-corrected chi connectivity index (χ0v) is 18.4. The van der Waals surface area contributed by atoms with Crippen LogP contribution < -0.4 is 5.32 Å². The minimum absolute atomic E-state index is 0.0283. The maximum Gasteiger partial charge on any atom is 0.285 e. The van der Waals surface area contributed by atoms with Crippen LogP contribution in [0.3, 0.4) is 0 Å². The lowest BCUT2D eigenvalue weighted by Crippen LogP contribution is -2.43. The minimum Gasteiger partial charge on any atom is -0.339 e. The molecule has 1 heterocycles. The van der Waals surface area contributed by atoms with Crippen molar-refractivity contribution in [3.05, 3.63) is 59.7 Å².